The lowest BCUT2D eigenvalue weighted by Crippen LogP contribution is -2.48. The molecule has 0 saturated carbocycles. The molecule has 2 atom stereocenters. The Kier molecular flexibility index (Phi) is 3.56. The number of amides is 1. The van der Waals surface area contributed by atoms with Crippen LogP contribution in [0.25, 0.3) is 22.4 Å². The van der Waals surface area contributed by atoms with Crippen LogP contribution in [0.3, 0.4) is 0 Å². The summed E-state index contributed by atoms with van der Waals surface area (Å²) in [5.41, 5.74) is 2.10. The van der Waals surface area contributed by atoms with Crippen LogP contribution in [0.5, 0.6) is 0 Å². The van der Waals surface area contributed by atoms with E-state index in [0.29, 0.717) is 23.7 Å². The SMILES string of the molecule is CN1C2CCC1CC(NC(=O)c1n[nH]c3cc(-c4ncco4)ccc13)C2. The van der Waals surface area contributed by atoms with Crippen molar-refractivity contribution in [2.24, 2.45) is 0 Å². The Balaban J connectivity index is 1.36. The molecule has 2 aromatic heterocycles. The van der Waals surface area contributed by atoms with Crippen molar-refractivity contribution in [1.29, 1.82) is 0 Å². The quantitative estimate of drug-likeness (QED) is 0.757. The lowest BCUT2D eigenvalue weighted by Gasteiger charge is -2.36. The number of carbonyl (C=O) groups excluding carboxylic acids is 1. The van der Waals surface area contributed by atoms with Gasteiger partial charge in [0.1, 0.15) is 6.26 Å². The molecule has 1 amide bonds. The van der Waals surface area contributed by atoms with E-state index in [1.165, 1.54) is 12.8 Å². The molecule has 2 unspecified atom stereocenters. The normalized spacial score (nSPS) is 25.7. The molecule has 0 spiro atoms. The number of aromatic amines is 1. The smallest absolute Gasteiger partial charge is 0.272 e. The van der Waals surface area contributed by atoms with Gasteiger partial charge in [-0.15, -0.1) is 0 Å². The van der Waals surface area contributed by atoms with Gasteiger partial charge in [-0.05, 0) is 50.9 Å². The molecule has 1 aromatic carbocycles. The van der Waals surface area contributed by atoms with Crippen LogP contribution in [0.4, 0.5) is 0 Å². The van der Waals surface area contributed by atoms with Crippen LogP contribution >= 0.6 is 0 Å². The van der Waals surface area contributed by atoms with Crippen molar-refractivity contribution in [1.82, 2.24) is 25.4 Å². The van der Waals surface area contributed by atoms with Crippen LogP contribution in [0.1, 0.15) is 36.2 Å². The first-order chi connectivity index (χ1) is 12.7. The lowest BCUT2D eigenvalue weighted by atomic mass is 9.98. The van der Waals surface area contributed by atoms with Gasteiger partial charge in [-0.25, -0.2) is 4.98 Å². The van der Waals surface area contributed by atoms with Crippen molar-refractivity contribution < 1.29 is 9.21 Å². The Morgan fingerprint density at radius 2 is 2.12 bits per heavy atom. The highest BCUT2D eigenvalue weighted by atomic mass is 16.3. The average Bonchev–Trinajstić information content (AvgIpc) is 3.34. The summed E-state index contributed by atoms with van der Waals surface area (Å²) in [6.45, 7) is 0. The summed E-state index contributed by atoms with van der Waals surface area (Å²) < 4.78 is 5.33. The van der Waals surface area contributed by atoms with Gasteiger partial charge in [-0.1, -0.05) is 0 Å². The minimum Gasteiger partial charge on any atom is -0.445 e. The van der Waals surface area contributed by atoms with Gasteiger partial charge >= 0.3 is 0 Å². The van der Waals surface area contributed by atoms with Gasteiger partial charge in [-0.3, -0.25) is 9.89 Å². The van der Waals surface area contributed by atoms with Gasteiger partial charge in [0.25, 0.3) is 5.91 Å². The van der Waals surface area contributed by atoms with E-state index in [1.54, 1.807) is 12.5 Å². The summed E-state index contributed by atoms with van der Waals surface area (Å²) in [6.07, 6.45) is 7.68. The monoisotopic (exact) mass is 351 g/mol. The standard InChI is InChI=1S/C19H21N5O2/c1-24-13-3-4-14(24)10-12(9-13)21-18(25)17-15-5-2-11(8-16(15)22-23-17)19-20-6-7-26-19/h2,5-8,12-14H,3-4,9-10H2,1H3,(H,21,25)(H,22,23). The highest BCUT2D eigenvalue weighted by Crippen LogP contribution is 2.34. The molecule has 134 valence electrons. The van der Waals surface area contributed by atoms with E-state index in [1.807, 2.05) is 18.2 Å². The Morgan fingerprint density at radius 1 is 1.31 bits per heavy atom. The third kappa shape index (κ3) is 2.50. The van der Waals surface area contributed by atoms with Gasteiger partial charge < -0.3 is 14.6 Å². The molecule has 7 heteroatoms. The predicted octanol–water partition coefficient (Wildman–Crippen LogP) is 2.57. The van der Waals surface area contributed by atoms with Crippen molar-refractivity contribution in [2.45, 2.75) is 43.8 Å². The maximum Gasteiger partial charge on any atom is 0.272 e. The fourth-order valence-corrected chi connectivity index (χ4v) is 4.47. The number of aromatic nitrogens is 3. The Bertz CT molecular complexity index is 934. The number of piperidine rings is 1. The minimum atomic E-state index is -0.103. The van der Waals surface area contributed by atoms with E-state index < -0.39 is 0 Å². The second kappa shape index (κ2) is 5.95. The molecule has 2 N–H and O–H groups in total. The summed E-state index contributed by atoms with van der Waals surface area (Å²) in [5, 5.41) is 11.2. The molecule has 2 aliphatic heterocycles. The molecule has 3 aromatic rings. The highest BCUT2D eigenvalue weighted by molar-refractivity contribution is 6.05. The second-order valence-electron chi connectivity index (χ2n) is 7.36. The highest BCUT2D eigenvalue weighted by Gasteiger charge is 2.39. The largest absolute Gasteiger partial charge is 0.445 e. The summed E-state index contributed by atoms with van der Waals surface area (Å²) >= 11 is 0. The molecule has 0 radical (unpaired) electrons. The molecule has 2 saturated heterocycles. The number of oxazole rings is 1. The molecule has 5 rings (SSSR count). The van der Waals surface area contributed by atoms with Crippen LogP contribution < -0.4 is 5.32 Å². The third-order valence-corrected chi connectivity index (χ3v) is 5.89. The summed E-state index contributed by atoms with van der Waals surface area (Å²) in [5.74, 6) is 0.448. The Hall–Kier alpha value is -2.67. The van der Waals surface area contributed by atoms with Gasteiger partial charge in [-0.2, -0.15) is 5.10 Å². The molecule has 0 aliphatic carbocycles. The van der Waals surface area contributed by atoms with Crippen molar-refractivity contribution in [3.63, 3.8) is 0 Å². The van der Waals surface area contributed by atoms with E-state index in [2.05, 4.69) is 32.4 Å². The fraction of sp³-hybridized carbons (Fsp3) is 0.421. The number of nitrogens with one attached hydrogen (secondary N) is 2. The maximum absolute atomic E-state index is 12.8. The van der Waals surface area contributed by atoms with Crippen molar-refractivity contribution >= 4 is 16.8 Å². The van der Waals surface area contributed by atoms with Gasteiger partial charge in [0, 0.05) is 29.1 Å². The van der Waals surface area contributed by atoms with Crippen LogP contribution in [0.15, 0.2) is 35.1 Å². The number of nitrogens with zero attached hydrogens (tertiary/aromatic N) is 3. The number of H-pyrrole nitrogens is 1. The van der Waals surface area contributed by atoms with E-state index in [-0.39, 0.29) is 11.9 Å². The summed E-state index contributed by atoms with van der Waals surface area (Å²) in [4.78, 5) is 19.4. The zero-order chi connectivity index (χ0) is 17.7. The number of hydrogen-bond acceptors (Lipinski definition) is 5. The first-order valence-corrected chi connectivity index (χ1v) is 9.10. The summed E-state index contributed by atoms with van der Waals surface area (Å²) in [6, 6.07) is 7.12. The lowest BCUT2D eigenvalue weighted by molar-refractivity contribution is 0.0879. The number of hydrogen-bond donors (Lipinski definition) is 2. The first kappa shape index (κ1) is 15.6. The van der Waals surface area contributed by atoms with Crippen molar-refractivity contribution in [2.75, 3.05) is 7.05 Å². The number of benzene rings is 1. The zero-order valence-electron chi connectivity index (χ0n) is 14.6. The fourth-order valence-electron chi connectivity index (χ4n) is 4.47. The van der Waals surface area contributed by atoms with Gasteiger partial charge in [0.15, 0.2) is 5.69 Å². The molecule has 4 heterocycles. The molecular formula is C19H21N5O2. The van der Waals surface area contributed by atoms with Crippen molar-refractivity contribution in [3.8, 4) is 11.5 Å². The molecular weight excluding hydrogens is 330 g/mol. The number of carbonyl (C=O) groups is 1. The van der Waals surface area contributed by atoms with Crippen LogP contribution in [0, 0.1) is 0 Å². The molecule has 26 heavy (non-hydrogen) atoms. The topological polar surface area (TPSA) is 87.0 Å². The van der Waals surface area contributed by atoms with E-state index in [0.717, 1.165) is 29.3 Å². The first-order valence-electron chi connectivity index (χ1n) is 9.10. The third-order valence-electron chi connectivity index (χ3n) is 5.89. The number of rotatable bonds is 3. The Labute approximate surface area is 150 Å². The molecule has 2 fully saturated rings. The van der Waals surface area contributed by atoms with Gasteiger partial charge in [0.2, 0.25) is 5.89 Å². The molecule has 7 nitrogen and oxygen atoms in total. The van der Waals surface area contributed by atoms with E-state index in [9.17, 15) is 4.79 Å². The van der Waals surface area contributed by atoms with Crippen LogP contribution in [-0.4, -0.2) is 51.2 Å². The minimum absolute atomic E-state index is 0.103. The van der Waals surface area contributed by atoms with Gasteiger partial charge in [0.05, 0.1) is 11.7 Å². The van der Waals surface area contributed by atoms with E-state index >= 15 is 0 Å². The second-order valence-corrected chi connectivity index (χ2v) is 7.36. The van der Waals surface area contributed by atoms with E-state index in [4.69, 9.17) is 4.42 Å². The zero-order valence-corrected chi connectivity index (χ0v) is 14.6. The average molecular weight is 351 g/mol. The van der Waals surface area contributed by atoms with Crippen molar-refractivity contribution in [3.05, 3.63) is 36.4 Å². The molecule has 2 bridgehead atoms. The number of fused-ring (bicyclic) bond motifs is 3. The molecule has 2 aliphatic rings. The summed E-state index contributed by atoms with van der Waals surface area (Å²) in [7, 11) is 2.20. The van der Waals surface area contributed by atoms with Crippen LogP contribution in [-0.2, 0) is 0 Å². The Morgan fingerprint density at radius 3 is 2.85 bits per heavy atom. The predicted molar refractivity (Wildman–Crippen MR) is 96.7 cm³/mol. The maximum atomic E-state index is 12.8. The van der Waals surface area contributed by atoms with Crippen LogP contribution in [0.2, 0.25) is 0 Å².